The van der Waals surface area contributed by atoms with Crippen molar-refractivity contribution in [3.8, 4) is 0 Å². The highest BCUT2D eigenvalue weighted by Crippen LogP contribution is 2.74. The molecule has 0 aromatic carbocycles. The van der Waals surface area contributed by atoms with E-state index in [2.05, 4.69) is 5.32 Å². The molecule has 3 saturated heterocycles. The van der Waals surface area contributed by atoms with Crippen LogP contribution < -0.4 is 5.32 Å². The molecular formula is C13H20ClF2NO. The van der Waals surface area contributed by atoms with Crippen LogP contribution in [0.2, 0.25) is 0 Å². The third kappa shape index (κ3) is 1.52. The van der Waals surface area contributed by atoms with Gasteiger partial charge in [0.05, 0.1) is 12.0 Å². The van der Waals surface area contributed by atoms with Crippen molar-refractivity contribution in [1.29, 1.82) is 0 Å². The molecule has 104 valence electrons. The number of halogens is 3. The average Bonchev–Trinajstić information content (AvgIpc) is 2.75. The highest BCUT2D eigenvalue weighted by molar-refractivity contribution is 5.85. The fourth-order valence-corrected chi connectivity index (χ4v) is 4.71. The lowest BCUT2D eigenvalue weighted by Gasteiger charge is -2.30. The number of ether oxygens (including phenoxy) is 1. The maximum Gasteiger partial charge on any atom is 0.260 e. The zero-order chi connectivity index (χ0) is 11.7. The Hall–Kier alpha value is 0.0700. The Labute approximate surface area is 112 Å². The van der Waals surface area contributed by atoms with E-state index in [1.54, 1.807) is 0 Å². The molecule has 0 aromatic rings. The maximum absolute atomic E-state index is 14.3. The van der Waals surface area contributed by atoms with Gasteiger partial charge < -0.3 is 10.1 Å². The standard InChI is InChI=1S/C13H19F2NO.ClH/c14-13(15)11(10-2-1-5-17-10)12(13)6-8-3-4-9(7-12)16-8;/h8-11,16H,1-7H2;1H. The van der Waals surface area contributed by atoms with Crippen molar-refractivity contribution < 1.29 is 13.5 Å². The third-order valence-corrected chi connectivity index (χ3v) is 5.46. The summed E-state index contributed by atoms with van der Waals surface area (Å²) in [5.41, 5.74) is -0.709. The van der Waals surface area contributed by atoms with Crippen LogP contribution >= 0.6 is 12.4 Å². The number of hydrogen-bond acceptors (Lipinski definition) is 2. The molecule has 4 rings (SSSR count). The smallest absolute Gasteiger partial charge is 0.260 e. The number of nitrogens with one attached hydrogen (secondary N) is 1. The van der Waals surface area contributed by atoms with Crippen molar-refractivity contribution in [3.05, 3.63) is 0 Å². The topological polar surface area (TPSA) is 21.3 Å². The molecular weight excluding hydrogens is 260 g/mol. The second-order valence-electron chi connectivity index (χ2n) is 6.35. The van der Waals surface area contributed by atoms with E-state index in [0.29, 0.717) is 31.5 Å². The fraction of sp³-hybridized carbons (Fsp3) is 1.00. The summed E-state index contributed by atoms with van der Waals surface area (Å²) in [6, 6.07) is 0.678. The van der Waals surface area contributed by atoms with Gasteiger partial charge in [-0.25, -0.2) is 8.78 Å². The summed E-state index contributed by atoms with van der Waals surface area (Å²) in [6.45, 7) is 0.679. The summed E-state index contributed by atoms with van der Waals surface area (Å²) >= 11 is 0. The number of rotatable bonds is 1. The molecule has 2 bridgehead atoms. The molecule has 4 atom stereocenters. The van der Waals surface area contributed by atoms with Crippen LogP contribution in [0.3, 0.4) is 0 Å². The van der Waals surface area contributed by atoms with Crippen molar-refractivity contribution in [2.75, 3.05) is 6.61 Å². The Kier molecular flexibility index (Phi) is 2.93. The van der Waals surface area contributed by atoms with Crippen LogP contribution in [-0.4, -0.2) is 30.7 Å². The highest BCUT2D eigenvalue weighted by atomic mass is 35.5. The van der Waals surface area contributed by atoms with E-state index in [-0.39, 0.29) is 18.5 Å². The van der Waals surface area contributed by atoms with E-state index >= 15 is 0 Å². The van der Waals surface area contributed by atoms with Crippen molar-refractivity contribution in [2.45, 2.75) is 62.6 Å². The molecule has 0 aromatic heterocycles. The van der Waals surface area contributed by atoms with Crippen molar-refractivity contribution in [3.63, 3.8) is 0 Å². The lowest BCUT2D eigenvalue weighted by molar-refractivity contribution is 0.0207. The SMILES string of the molecule is Cl.FC1(F)C(C2CCCO2)C12CC1CCC(C2)N1. The van der Waals surface area contributed by atoms with Gasteiger partial charge in [-0.15, -0.1) is 12.4 Å². The Bertz CT molecular complexity index is 334. The molecule has 4 aliphatic rings. The molecule has 4 unspecified atom stereocenters. The second kappa shape index (κ2) is 4.03. The first-order valence-corrected chi connectivity index (χ1v) is 6.89. The van der Waals surface area contributed by atoms with Gasteiger partial charge in [0.1, 0.15) is 0 Å². The molecule has 0 radical (unpaired) electrons. The molecule has 1 spiro atoms. The Morgan fingerprint density at radius 2 is 1.72 bits per heavy atom. The van der Waals surface area contributed by atoms with Crippen LogP contribution in [-0.2, 0) is 4.74 Å². The van der Waals surface area contributed by atoms with E-state index in [0.717, 1.165) is 25.7 Å². The van der Waals surface area contributed by atoms with E-state index in [1.807, 2.05) is 0 Å². The first kappa shape index (κ1) is 13.1. The number of fused-ring (bicyclic) bond motifs is 2. The summed E-state index contributed by atoms with van der Waals surface area (Å²) < 4.78 is 34.0. The summed E-state index contributed by atoms with van der Waals surface area (Å²) in [6.07, 6.45) is 5.13. The van der Waals surface area contributed by atoms with Gasteiger partial charge >= 0.3 is 0 Å². The molecule has 3 aliphatic heterocycles. The van der Waals surface area contributed by atoms with Crippen LogP contribution in [0, 0.1) is 11.3 Å². The molecule has 4 fully saturated rings. The first-order chi connectivity index (χ1) is 8.13. The van der Waals surface area contributed by atoms with Gasteiger partial charge in [-0.3, -0.25) is 0 Å². The lowest BCUT2D eigenvalue weighted by atomic mass is 9.85. The predicted molar refractivity (Wildman–Crippen MR) is 66.3 cm³/mol. The van der Waals surface area contributed by atoms with Crippen LogP contribution in [0.1, 0.15) is 38.5 Å². The van der Waals surface area contributed by atoms with Gasteiger partial charge in [-0.1, -0.05) is 0 Å². The quantitative estimate of drug-likeness (QED) is 0.797. The molecule has 3 heterocycles. The van der Waals surface area contributed by atoms with E-state index < -0.39 is 17.3 Å². The summed E-state index contributed by atoms with van der Waals surface area (Å²) in [5.74, 6) is -2.95. The Balaban J connectivity index is 0.000001000. The fourth-order valence-electron chi connectivity index (χ4n) is 4.71. The molecule has 1 N–H and O–H groups in total. The van der Waals surface area contributed by atoms with Gasteiger partial charge in [-0.05, 0) is 38.5 Å². The van der Waals surface area contributed by atoms with Crippen LogP contribution in [0.4, 0.5) is 8.78 Å². The van der Waals surface area contributed by atoms with Gasteiger partial charge in [0.25, 0.3) is 5.92 Å². The van der Waals surface area contributed by atoms with Gasteiger partial charge in [-0.2, -0.15) is 0 Å². The largest absolute Gasteiger partial charge is 0.378 e. The lowest BCUT2D eigenvalue weighted by Crippen LogP contribution is -2.41. The number of hydrogen-bond donors (Lipinski definition) is 1. The third-order valence-electron chi connectivity index (χ3n) is 5.46. The van der Waals surface area contributed by atoms with E-state index in [4.69, 9.17) is 4.74 Å². The normalized spacial score (nSPS) is 52.3. The van der Waals surface area contributed by atoms with Crippen molar-refractivity contribution in [2.24, 2.45) is 11.3 Å². The van der Waals surface area contributed by atoms with Gasteiger partial charge in [0.15, 0.2) is 0 Å². The minimum Gasteiger partial charge on any atom is -0.378 e. The van der Waals surface area contributed by atoms with E-state index in [9.17, 15) is 8.78 Å². The van der Waals surface area contributed by atoms with Gasteiger partial charge in [0, 0.05) is 24.1 Å². The zero-order valence-electron chi connectivity index (χ0n) is 10.3. The highest BCUT2D eigenvalue weighted by Gasteiger charge is 2.83. The number of alkyl halides is 2. The summed E-state index contributed by atoms with van der Waals surface area (Å²) in [7, 11) is 0. The average molecular weight is 280 g/mol. The molecule has 0 amide bonds. The molecule has 18 heavy (non-hydrogen) atoms. The first-order valence-electron chi connectivity index (χ1n) is 6.89. The minimum atomic E-state index is -2.47. The maximum atomic E-state index is 14.3. The summed E-state index contributed by atoms with van der Waals surface area (Å²) in [4.78, 5) is 0. The molecule has 1 aliphatic carbocycles. The molecule has 1 saturated carbocycles. The zero-order valence-corrected chi connectivity index (χ0v) is 11.1. The van der Waals surface area contributed by atoms with Crippen LogP contribution in [0.25, 0.3) is 0 Å². The predicted octanol–water partition coefficient (Wildman–Crippen LogP) is 2.75. The minimum absolute atomic E-state index is 0. The number of piperidine rings is 1. The van der Waals surface area contributed by atoms with Crippen LogP contribution in [0.5, 0.6) is 0 Å². The molecule has 5 heteroatoms. The van der Waals surface area contributed by atoms with Crippen LogP contribution in [0.15, 0.2) is 0 Å². The van der Waals surface area contributed by atoms with Crippen molar-refractivity contribution >= 4 is 12.4 Å². The van der Waals surface area contributed by atoms with E-state index in [1.165, 1.54) is 0 Å². The monoisotopic (exact) mass is 279 g/mol. The van der Waals surface area contributed by atoms with Gasteiger partial charge in [0.2, 0.25) is 0 Å². The molecule has 2 nitrogen and oxygen atoms in total. The summed E-state index contributed by atoms with van der Waals surface area (Å²) in [5, 5.41) is 3.46. The second-order valence-corrected chi connectivity index (χ2v) is 6.35. The Morgan fingerprint density at radius 1 is 1.06 bits per heavy atom. The Morgan fingerprint density at radius 3 is 2.28 bits per heavy atom. The van der Waals surface area contributed by atoms with Crippen molar-refractivity contribution in [1.82, 2.24) is 5.32 Å².